The van der Waals surface area contributed by atoms with Gasteiger partial charge in [-0.05, 0) is 32.3 Å². The van der Waals surface area contributed by atoms with E-state index in [0.717, 1.165) is 25.9 Å². The molecule has 0 radical (unpaired) electrons. The van der Waals surface area contributed by atoms with Gasteiger partial charge in [-0.15, -0.1) is 0 Å². The third-order valence-corrected chi connectivity index (χ3v) is 3.59. The molecular formula is C15H22N2O. The van der Waals surface area contributed by atoms with Crippen LogP contribution in [0.3, 0.4) is 0 Å². The minimum Gasteiger partial charge on any atom is -0.341 e. The molecule has 0 bridgehead atoms. The number of likely N-dealkylation sites (tertiary alicyclic amines) is 1. The van der Waals surface area contributed by atoms with Crippen LogP contribution in [0.4, 0.5) is 0 Å². The van der Waals surface area contributed by atoms with E-state index in [2.05, 4.69) is 24.4 Å². The first-order valence-electron chi connectivity index (χ1n) is 6.78. The Bertz CT molecular complexity index is 385. The summed E-state index contributed by atoms with van der Waals surface area (Å²) in [7, 11) is 0. The van der Waals surface area contributed by atoms with Gasteiger partial charge in [0.1, 0.15) is 0 Å². The normalized spacial score (nSPS) is 18.7. The lowest BCUT2D eigenvalue weighted by atomic mass is 10.1. The molecule has 0 aromatic heterocycles. The molecule has 1 aromatic carbocycles. The van der Waals surface area contributed by atoms with Crippen LogP contribution in [0.5, 0.6) is 0 Å². The average molecular weight is 246 g/mol. The quantitative estimate of drug-likeness (QED) is 0.884. The lowest BCUT2D eigenvalue weighted by Gasteiger charge is -2.24. The minimum absolute atomic E-state index is 0.113. The summed E-state index contributed by atoms with van der Waals surface area (Å²) in [5.74, 6) is 0.232. The van der Waals surface area contributed by atoms with Crippen molar-refractivity contribution in [3.05, 3.63) is 35.9 Å². The maximum absolute atomic E-state index is 12.2. The fraction of sp³-hybridized carbons (Fsp3) is 0.533. The van der Waals surface area contributed by atoms with Crippen LogP contribution in [0.1, 0.15) is 38.3 Å². The zero-order valence-corrected chi connectivity index (χ0v) is 11.2. The molecule has 0 spiro atoms. The van der Waals surface area contributed by atoms with Crippen molar-refractivity contribution in [2.45, 2.75) is 38.8 Å². The highest BCUT2D eigenvalue weighted by molar-refractivity contribution is 5.81. The number of hydrogen-bond acceptors (Lipinski definition) is 2. The van der Waals surface area contributed by atoms with E-state index in [0.29, 0.717) is 0 Å². The number of hydrogen-bond donors (Lipinski definition) is 1. The largest absolute Gasteiger partial charge is 0.341 e. The molecule has 2 rings (SSSR count). The van der Waals surface area contributed by atoms with Crippen LogP contribution in [0.15, 0.2) is 30.3 Å². The van der Waals surface area contributed by atoms with Crippen LogP contribution in [0.25, 0.3) is 0 Å². The topological polar surface area (TPSA) is 32.3 Å². The molecule has 18 heavy (non-hydrogen) atoms. The van der Waals surface area contributed by atoms with E-state index in [9.17, 15) is 4.79 Å². The van der Waals surface area contributed by atoms with Crippen molar-refractivity contribution in [2.75, 3.05) is 13.1 Å². The summed E-state index contributed by atoms with van der Waals surface area (Å²) in [6.45, 7) is 5.90. The summed E-state index contributed by atoms with van der Waals surface area (Å²) in [5.41, 5.74) is 1.22. The molecule has 1 aromatic rings. The molecule has 1 saturated heterocycles. The highest BCUT2D eigenvalue weighted by Gasteiger charge is 2.24. The molecule has 0 saturated carbocycles. The van der Waals surface area contributed by atoms with E-state index in [-0.39, 0.29) is 18.0 Å². The zero-order valence-electron chi connectivity index (χ0n) is 11.2. The van der Waals surface area contributed by atoms with Gasteiger partial charge in [0.25, 0.3) is 0 Å². The molecule has 0 aliphatic carbocycles. The number of amides is 1. The van der Waals surface area contributed by atoms with E-state index in [1.54, 1.807) is 0 Å². The Morgan fingerprint density at radius 1 is 1.17 bits per heavy atom. The Kier molecular flexibility index (Phi) is 4.37. The summed E-state index contributed by atoms with van der Waals surface area (Å²) in [6, 6.07) is 10.3. The van der Waals surface area contributed by atoms with Crippen LogP contribution in [-0.2, 0) is 4.79 Å². The van der Waals surface area contributed by atoms with Crippen molar-refractivity contribution in [3.63, 3.8) is 0 Å². The number of carbonyl (C=O) groups is 1. The van der Waals surface area contributed by atoms with Crippen molar-refractivity contribution in [2.24, 2.45) is 0 Å². The molecule has 1 aliphatic rings. The first-order chi connectivity index (χ1) is 8.68. The van der Waals surface area contributed by atoms with Crippen LogP contribution in [0.2, 0.25) is 0 Å². The van der Waals surface area contributed by atoms with Gasteiger partial charge in [0.15, 0.2) is 0 Å². The van der Waals surface area contributed by atoms with Gasteiger partial charge in [0.05, 0.1) is 6.04 Å². The summed E-state index contributed by atoms with van der Waals surface area (Å²) < 4.78 is 0. The predicted octanol–water partition coefficient (Wildman–Crippen LogP) is 2.35. The smallest absolute Gasteiger partial charge is 0.239 e. The fourth-order valence-corrected chi connectivity index (χ4v) is 2.50. The number of rotatable bonds is 4. The summed E-state index contributed by atoms with van der Waals surface area (Å²) >= 11 is 0. The standard InChI is InChI=1S/C15H22N2O/c1-12(14-8-4-3-5-9-14)16-13(2)15(18)17-10-6-7-11-17/h3-5,8-9,12-13,16H,6-7,10-11H2,1-2H3. The van der Waals surface area contributed by atoms with E-state index in [1.807, 2.05) is 30.0 Å². The first kappa shape index (κ1) is 13.1. The third-order valence-electron chi connectivity index (χ3n) is 3.59. The molecule has 2 atom stereocenters. The third kappa shape index (κ3) is 3.10. The van der Waals surface area contributed by atoms with Crippen LogP contribution >= 0.6 is 0 Å². The molecular weight excluding hydrogens is 224 g/mol. The Balaban J connectivity index is 1.90. The molecule has 1 N–H and O–H groups in total. The molecule has 1 heterocycles. The second kappa shape index (κ2) is 6.01. The molecule has 3 nitrogen and oxygen atoms in total. The van der Waals surface area contributed by atoms with Gasteiger partial charge in [-0.1, -0.05) is 30.3 Å². The van der Waals surface area contributed by atoms with Crippen LogP contribution in [0, 0.1) is 0 Å². The van der Waals surface area contributed by atoms with Crippen molar-refractivity contribution < 1.29 is 4.79 Å². The summed E-state index contributed by atoms with van der Waals surface area (Å²) in [4.78, 5) is 14.1. The number of nitrogens with zero attached hydrogens (tertiary/aromatic N) is 1. The summed E-state index contributed by atoms with van der Waals surface area (Å²) in [5, 5.41) is 3.38. The fourth-order valence-electron chi connectivity index (χ4n) is 2.50. The van der Waals surface area contributed by atoms with Crippen molar-refractivity contribution in [1.82, 2.24) is 10.2 Å². The highest BCUT2D eigenvalue weighted by atomic mass is 16.2. The van der Waals surface area contributed by atoms with Gasteiger partial charge in [-0.25, -0.2) is 0 Å². The highest BCUT2D eigenvalue weighted by Crippen LogP contribution is 2.14. The van der Waals surface area contributed by atoms with Gasteiger partial charge in [-0.2, -0.15) is 0 Å². The predicted molar refractivity (Wildman–Crippen MR) is 73.3 cm³/mol. The first-order valence-corrected chi connectivity index (χ1v) is 6.78. The van der Waals surface area contributed by atoms with E-state index in [1.165, 1.54) is 5.56 Å². The maximum Gasteiger partial charge on any atom is 0.239 e. The Morgan fingerprint density at radius 3 is 2.39 bits per heavy atom. The lowest BCUT2D eigenvalue weighted by molar-refractivity contribution is -0.132. The van der Waals surface area contributed by atoms with Crippen molar-refractivity contribution in [1.29, 1.82) is 0 Å². The minimum atomic E-state index is -0.113. The maximum atomic E-state index is 12.2. The molecule has 1 fully saturated rings. The van der Waals surface area contributed by atoms with Crippen molar-refractivity contribution in [3.8, 4) is 0 Å². The monoisotopic (exact) mass is 246 g/mol. The number of benzene rings is 1. The van der Waals surface area contributed by atoms with E-state index < -0.39 is 0 Å². The molecule has 98 valence electrons. The van der Waals surface area contributed by atoms with Crippen molar-refractivity contribution >= 4 is 5.91 Å². The van der Waals surface area contributed by atoms with Gasteiger partial charge >= 0.3 is 0 Å². The van der Waals surface area contributed by atoms with E-state index >= 15 is 0 Å². The Labute approximate surface area is 109 Å². The van der Waals surface area contributed by atoms with Gasteiger partial charge in [-0.3, -0.25) is 10.1 Å². The van der Waals surface area contributed by atoms with E-state index in [4.69, 9.17) is 0 Å². The average Bonchev–Trinajstić information content (AvgIpc) is 2.92. The Morgan fingerprint density at radius 2 is 1.78 bits per heavy atom. The van der Waals surface area contributed by atoms with Crippen LogP contribution in [-0.4, -0.2) is 29.9 Å². The Hall–Kier alpha value is -1.35. The van der Waals surface area contributed by atoms with Gasteiger partial charge in [0.2, 0.25) is 5.91 Å². The molecule has 1 amide bonds. The lowest BCUT2D eigenvalue weighted by Crippen LogP contribution is -2.44. The number of nitrogens with one attached hydrogen (secondary N) is 1. The molecule has 2 unspecified atom stereocenters. The second-order valence-electron chi connectivity index (χ2n) is 5.05. The SMILES string of the molecule is CC(NC(C)c1ccccc1)C(=O)N1CCCC1. The van der Waals surface area contributed by atoms with Gasteiger partial charge in [0, 0.05) is 19.1 Å². The van der Waals surface area contributed by atoms with Crippen LogP contribution < -0.4 is 5.32 Å². The summed E-state index contributed by atoms with van der Waals surface area (Å²) in [6.07, 6.45) is 2.29. The zero-order chi connectivity index (χ0) is 13.0. The number of carbonyl (C=O) groups excluding carboxylic acids is 1. The molecule has 3 heteroatoms. The van der Waals surface area contributed by atoms with Gasteiger partial charge < -0.3 is 4.90 Å². The molecule has 1 aliphatic heterocycles. The second-order valence-corrected chi connectivity index (χ2v) is 5.05.